The second kappa shape index (κ2) is 5.06. The van der Waals surface area contributed by atoms with Crippen LogP contribution in [0.15, 0.2) is 39.8 Å². The van der Waals surface area contributed by atoms with Crippen molar-refractivity contribution in [3.8, 4) is 0 Å². The molecule has 2 aliphatic rings. The quantitative estimate of drug-likeness (QED) is 0.862. The van der Waals surface area contributed by atoms with Gasteiger partial charge in [-0.3, -0.25) is 0 Å². The summed E-state index contributed by atoms with van der Waals surface area (Å²) in [6, 6.07) is 7.03. The van der Waals surface area contributed by atoms with E-state index >= 15 is 0 Å². The molecule has 0 amide bonds. The third kappa shape index (κ3) is 1.95. The van der Waals surface area contributed by atoms with E-state index in [0.29, 0.717) is 5.58 Å². The minimum absolute atomic E-state index is 0.00757. The number of furan rings is 1. The molecule has 0 saturated heterocycles. The van der Waals surface area contributed by atoms with Crippen LogP contribution in [-0.4, -0.2) is 39.0 Å². The van der Waals surface area contributed by atoms with E-state index in [1.807, 2.05) is 6.07 Å². The van der Waals surface area contributed by atoms with E-state index in [9.17, 15) is 8.42 Å². The highest BCUT2D eigenvalue weighted by Crippen LogP contribution is 2.59. The molecular formula is C17H21NO4S. The van der Waals surface area contributed by atoms with Crippen LogP contribution >= 0.6 is 0 Å². The van der Waals surface area contributed by atoms with Crippen molar-refractivity contribution in [2.24, 2.45) is 5.41 Å². The van der Waals surface area contributed by atoms with Gasteiger partial charge in [0.25, 0.3) is 0 Å². The van der Waals surface area contributed by atoms with E-state index in [1.165, 1.54) is 6.26 Å². The van der Waals surface area contributed by atoms with Crippen LogP contribution < -0.4 is 0 Å². The van der Waals surface area contributed by atoms with Crippen molar-refractivity contribution in [3.05, 3.63) is 30.5 Å². The summed E-state index contributed by atoms with van der Waals surface area (Å²) in [5.41, 5.74) is 0.442. The number of hydrogen-bond acceptors (Lipinski definition) is 4. The molecule has 2 atom stereocenters. The largest absolute Gasteiger partial charge is 0.463 e. The maximum absolute atomic E-state index is 13.1. The van der Waals surface area contributed by atoms with Gasteiger partial charge in [0.15, 0.2) is 5.58 Å². The zero-order valence-corrected chi connectivity index (χ0v) is 14.2. The Hall–Kier alpha value is -1.37. The predicted octanol–water partition coefficient (Wildman–Crippen LogP) is 3.01. The topological polar surface area (TPSA) is 59.8 Å². The van der Waals surface area contributed by atoms with Crippen molar-refractivity contribution in [3.63, 3.8) is 0 Å². The van der Waals surface area contributed by atoms with E-state index in [0.717, 1.165) is 31.1 Å². The molecule has 0 aliphatic heterocycles. The molecule has 1 aromatic carbocycles. The minimum atomic E-state index is -3.59. The van der Waals surface area contributed by atoms with E-state index in [-0.39, 0.29) is 22.5 Å². The normalized spacial score (nSPS) is 26.4. The summed E-state index contributed by atoms with van der Waals surface area (Å²) >= 11 is 0. The number of para-hydroxylation sites is 1. The summed E-state index contributed by atoms with van der Waals surface area (Å²) in [6.45, 7) is 0. The molecule has 0 N–H and O–H groups in total. The standard InChI is InChI=1S/C17H21NO4S/c1-18(14-11-15(21-2)17(14)8-4-9-17)23(19,20)13-6-3-5-12-7-10-22-16(12)13/h3,5-7,10,14-15H,4,8-9,11H2,1-2H3. The van der Waals surface area contributed by atoms with Crippen LogP contribution in [-0.2, 0) is 14.8 Å². The molecule has 2 fully saturated rings. The average molecular weight is 335 g/mol. The van der Waals surface area contributed by atoms with Crippen molar-refractivity contribution >= 4 is 21.0 Å². The van der Waals surface area contributed by atoms with E-state index < -0.39 is 10.0 Å². The highest BCUT2D eigenvalue weighted by Gasteiger charge is 2.61. The Morgan fingerprint density at radius 3 is 2.74 bits per heavy atom. The van der Waals surface area contributed by atoms with E-state index in [2.05, 4.69) is 0 Å². The van der Waals surface area contributed by atoms with Crippen molar-refractivity contribution < 1.29 is 17.6 Å². The molecule has 2 unspecified atom stereocenters. The van der Waals surface area contributed by atoms with Crippen molar-refractivity contribution in [2.75, 3.05) is 14.2 Å². The molecule has 2 aromatic rings. The lowest BCUT2D eigenvalue weighted by Crippen LogP contribution is -2.67. The Morgan fingerprint density at radius 2 is 2.09 bits per heavy atom. The third-order valence-electron chi connectivity index (χ3n) is 5.85. The summed E-state index contributed by atoms with van der Waals surface area (Å²) < 4.78 is 38.8. The van der Waals surface area contributed by atoms with E-state index in [1.54, 1.807) is 36.7 Å². The lowest BCUT2D eigenvalue weighted by molar-refractivity contribution is -0.177. The number of methoxy groups -OCH3 is 1. The van der Waals surface area contributed by atoms with Gasteiger partial charge >= 0.3 is 0 Å². The Kier molecular flexibility index (Phi) is 3.34. The first-order valence-corrected chi connectivity index (χ1v) is 9.42. The number of nitrogens with zero attached hydrogens (tertiary/aromatic N) is 1. The minimum Gasteiger partial charge on any atom is -0.463 e. The number of ether oxygens (including phenoxy) is 1. The Balaban J connectivity index is 1.71. The van der Waals surface area contributed by atoms with Crippen LogP contribution in [0.2, 0.25) is 0 Å². The predicted molar refractivity (Wildman–Crippen MR) is 86.6 cm³/mol. The molecule has 6 heteroatoms. The number of fused-ring (bicyclic) bond motifs is 1. The molecule has 23 heavy (non-hydrogen) atoms. The number of rotatable bonds is 4. The van der Waals surface area contributed by atoms with Gasteiger partial charge in [-0.1, -0.05) is 18.6 Å². The van der Waals surface area contributed by atoms with E-state index in [4.69, 9.17) is 9.15 Å². The van der Waals surface area contributed by atoms with Gasteiger partial charge in [0, 0.05) is 31.0 Å². The Labute approximate surface area is 136 Å². The summed E-state index contributed by atoms with van der Waals surface area (Å²) in [5.74, 6) is 0. The lowest BCUT2D eigenvalue weighted by Gasteiger charge is -2.62. The zero-order chi connectivity index (χ0) is 16.2. The SMILES string of the molecule is COC1CC(N(C)S(=O)(=O)c2cccc3ccoc23)C12CCC2. The van der Waals surface area contributed by atoms with Gasteiger partial charge < -0.3 is 9.15 Å². The zero-order valence-electron chi connectivity index (χ0n) is 13.4. The molecule has 4 rings (SSSR count). The maximum Gasteiger partial charge on any atom is 0.246 e. The Bertz CT molecular complexity index is 837. The maximum atomic E-state index is 13.1. The van der Waals surface area contributed by atoms with Crippen LogP contribution in [0.1, 0.15) is 25.7 Å². The van der Waals surface area contributed by atoms with Crippen LogP contribution in [0.5, 0.6) is 0 Å². The number of hydrogen-bond donors (Lipinski definition) is 0. The van der Waals surface area contributed by atoms with Crippen LogP contribution in [0.3, 0.4) is 0 Å². The molecular weight excluding hydrogens is 314 g/mol. The monoisotopic (exact) mass is 335 g/mol. The summed E-state index contributed by atoms with van der Waals surface area (Å²) in [4.78, 5) is 0.248. The fourth-order valence-electron chi connectivity index (χ4n) is 4.30. The van der Waals surface area contributed by atoms with Crippen LogP contribution in [0.25, 0.3) is 11.0 Å². The van der Waals surface area contributed by atoms with Crippen molar-refractivity contribution in [2.45, 2.75) is 42.7 Å². The first kappa shape index (κ1) is 15.2. The molecule has 1 heterocycles. The Morgan fingerprint density at radius 1 is 1.30 bits per heavy atom. The lowest BCUT2D eigenvalue weighted by atomic mass is 9.51. The smallest absolute Gasteiger partial charge is 0.246 e. The van der Waals surface area contributed by atoms with Gasteiger partial charge in [0.1, 0.15) is 4.90 Å². The molecule has 0 bridgehead atoms. The van der Waals surface area contributed by atoms with Gasteiger partial charge in [-0.25, -0.2) is 8.42 Å². The molecule has 124 valence electrons. The van der Waals surface area contributed by atoms with Crippen molar-refractivity contribution in [1.82, 2.24) is 4.31 Å². The summed E-state index contributed by atoms with van der Waals surface area (Å²) in [7, 11) is -0.181. The summed E-state index contributed by atoms with van der Waals surface area (Å²) in [6.07, 6.45) is 5.71. The summed E-state index contributed by atoms with van der Waals surface area (Å²) in [5, 5.41) is 0.807. The number of sulfonamides is 1. The molecule has 5 nitrogen and oxygen atoms in total. The van der Waals surface area contributed by atoms with Gasteiger partial charge in [0.2, 0.25) is 10.0 Å². The van der Waals surface area contributed by atoms with Crippen LogP contribution in [0.4, 0.5) is 0 Å². The second-order valence-corrected chi connectivity index (χ2v) is 8.64. The average Bonchev–Trinajstić information content (AvgIpc) is 2.92. The third-order valence-corrected chi connectivity index (χ3v) is 7.74. The van der Waals surface area contributed by atoms with Crippen LogP contribution in [0, 0.1) is 5.41 Å². The molecule has 2 saturated carbocycles. The van der Waals surface area contributed by atoms with Gasteiger partial charge in [-0.05, 0) is 31.4 Å². The molecule has 1 spiro atoms. The first-order valence-electron chi connectivity index (χ1n) is 7.98. The highest BCUT2D eigenvalue weighted by atomic mass is 32.2. The molecule has 1 aromatic heterocycles. The van der Waals surface area contributed by atoms with Gasteiger partial charge in [0.05, 0.1) is 12.4 Å². The first-order chi connectivity index (χ1) is 11.0. The fourth-order valence-corrected chi connectivity index (χ4v) is 5.89. The molecule has 0 radical (unpaired) electrons. The van der Waals surface area contributed by atoms with Crippen molar-refractivity contribution in [1.29, 1.82) is 0 Å². The highest BCUT2D eigenvalue weighted by molar-refractivity contribution is 7.89. The molecule has 2 aliphatic carbocycles. The second-order valence-electron chi connectivity index (χ2n) is 6.68. The van der Waals surface area contributed by atoms with Gasteiger partial charge in [-0.2, -0.15) is 4.31 Å². The fraction of sp³-hybridized carbons (Fsp3) is 0.529. The number of benzene rings is 1. The van der Waals surface area contributed by atoms with Gasteiger partial charge in [-0.15, -0.1) is 0 Å².